The van der Waals surface area contributed by atoms with Crippen molar-refractivity contribution >= 4 is 10.2 Å². The number of rotatable bonds is 6. The second-order valence-electron chi connectivity index (χ2n) is 10.6. The zero-order valence-electron chi connectivity index (χ0n) is 23.6. The monoisotopic (exact) mass is 609 g/mol. The summed E-state index contributed by atoms with van der Waals surface area (Å²) in [5.74, 6) is 3.36. The van der Waals surface area contributed by atoms with E-state index in [1.807, 2.05) is 0 Å². The summed E-state index contributed by atoms with van der Waals surface area (Å²) in [6.45, 7) is 5.09. The molecule has 39 heavy (non-hydrogen) atoms. The van der Waals surface area contributed by atoms with Gasteiger partial charge in [-0.3, -0.25) is 0 Å². The largest absolute Gasteiger partial charge is 2.00 e. The van der Waals surface area contributed by atoms with Crippen molar-refractivity contribution in [1.29, 1.82) is 0 Å². The molecule has 0 saturated carbocycles. The van der Waals surface area contributed by atoms with Gasteiger partial charge in [0.05, 0.1) is 10.2 Å². The normalized spacial score (nSPS) is 25.1. The number of benzene rings is 2. The van der Waals surface area contributed by atoms with E-state index in [4.69, 9.17) is 4.74 Å². The van der Waals surface area contributed by atoms with Crippen LogP contribution < -0.4 is 0 Å². The predicted molar refractivity (Wildman–Crippen MR) is 163 cm³/mol. The average Bonchev–Trinajstić information content (AvgIpc) is 3.52. The molecule has 2 aromatic rings. The van der Waals surface area contributed by atoms with Gasteiger partial charge in [0.1, 0.15) is 0 Å². The Balaban J connectivity index is 0.000000176. The van der Waals surface area contributed by atoms with Gasteiger partial charge in [0.25, 0.3) is 0 Å². The van der Waals surface area contributed by atoms with Crippen LogP contribution in [0.2, 0.25) is 0 Å². The Morgan fingerprint density at radius 2 is 1.56 bits per heavy atom. The van der Waals surface area contributed by atoms with Crippen LogP contribution in [-0.2, 0) is 30.9 Å². The first-order valence-electron chi connectivity index (χ1n) is 14.5. The van der Waals surface area contributed by atoms with Gasteiger partial charge in [-0.25, -0.2) is 0 Å². The topological polar surface area (TPSA) is 9.23 Å². The zero-order valence-corrected chi connectivity index (χ0v) is 27.1. The summed E-state index contributed by atoms with van der Waals surface area (Å²) in [5.41, 5.74) is 5.94. The van der Waals surface area contributed by atoms with Crippen molar-refractivity contribution < 1.29 is 30.9 Å². The molecule has 0 N–H and O–H groups in total. The quantitative estimate of drug-likeness (QED) is 0.104. The maximum absolute atomic E-state index is 4.99. The second kappa shape index (κ2) is 17.1. The summed E-state index contributed by atoms with van der Waals surface area (Å²) < 4.78 is 4.99. The molecule has 3 heteroatoms. The number of fused-ring (bicyclic) bond motifs is 6. The van der Waals surface area contributed by atoms with Gasteiger partial charge in [0.2, 0.25) is 0 Å². The van der Waals surface area contributed by atoms with E-state index in [0.29, 0.717) is 29.9 Å². The molecule has 0 saturated heterocycles. The fraction of sp³-hybridized carbons (Fsp3) is 0.389. The third-order valence-corrected chi connectivity index (χ3v) is 8.15. The van der Waals surface area contributed by atoms with Crippen molar-refractivity contribution in [2.24, 2.45) is 17.8 Å². The fourth-order valence-electron chi connectivity index (χ4n) is 6.00. The Kier molecular flexibility index (Phi) is 13.9. The van der Waals surface area contributed by atoms with E-state index < -0.39 is 0 Å². The molecule has 0 heterocycles. The van der Waals surface area contributed by atoms with Crippen LogP contribution >= 0.6 is 0 Å². The van der Waals surface area contributed by atoms with Gasteiger partial charge in [-0.15, -0.1) is 35.4 Å². The molecule has 0 fully saturated rings. The number of hydrogen-bond donors (Lipinski definition) is 0. The van der Waals surface area contributed by atoms with Crippen molar-refractivity contribution in [3.63, 3.8) is 0 Å². The third-order valence-electron chi connectivity index (χ3n) is 7.95. The molecule has 0 amide bonds. The van der Waals surface area contributed by atoms with E-state index >= 15 is 0 Å². The minimum Gasteiger partial charge on any atom is -0.386 e. The first-order valence-corrected chi connectivity index (χ1v) is 15.2. The molecule has 0 aromatic heterocycles. The van der Waals surface area contributed by atoms with Gasteiger partial charge in [-0.05, 0) is 43.9 Å². The Morgan fingerprint density at radius 1 is 0.897 bits per heavy atom. The summed E-state index contributed by atoms with van der Waals surface area (Å²) in [5, 5.41) is 0. The zero-order chi connectivity index (χ0) is 26.6. The SMILES string of the molecule is C1=CC2c3ccccc3[CH-]C2CC1.CC=CC=CC1C=CC2c3ccccc3[CH-]C2C1.CCCCOC[Si].[Zr+2]. The predicted octanol–water partition coefficient (Wildman–Crippen LogP) is 8.89. The smallest absolute Gasteiger partial charge is 0.386 e. The van der Waals surface area contributed by atoms with Crippen LogP contribution in [0.4, 0.5) is 0 Å². The Hall–Kier alpha value is -1.80. The van der Waals surface area contributed by atoms with Gasteiger partial charge in [0, 0.05) is 12.8 Å². The molecule has 0 spiro atoms. The van der Waals surface area contributed by atoms with Crippen LogP contribution in [0.25, 0.3) is 0 Å². The van der Waals surface area contributed by atoms with Gasteiger partial charge in [-0.1, -0.05) is 92.3 Å². The molecule has 3 radical (unpaired) electrons. The standard InChI is InChI=1S/C18H19.C13H13.C5H11OSi.Zr/c1-2-3-4-7-14-10-11-18-16(12-14)13-15-8-5-6-9-17(15)18;1-3-7-12-10(5-1)9-11-6-2-4-8-13(11)12;1-2-3-4-6-5-7;/h2-11,13-14,16,18H,12H2,1H3;1,3-5,7-9,11,13H,2,6H2;2-5H2,1H3;/q2*-1;;+2. The number of hydrogen-bond acceptors (Lipinski definition) is 1. The molecule has 1 nitrogen and oxygen atoms in total. The summed E-state index contributed by atoms with van der Waals surface area (Å²) in [7, 11) is 3.20. The summed E-state index contributed by atoms with van der Waals surface area (Å²) in [4.78, 5) is 0. The van der Waals surface area contributed by atoms with E-state index in [9.17, 15) is 0 Å². The summed E-state index contributed by atoms with van der Waals surface area (Å²) in [6.07, 6.45) is 29.9. The van der Waals surface area contributed by atoms with E-state index in [0.717, 1.165) is 12.5 Å². The summed E-state index contributed by atoms with van der Waals surface area (Å²) >= 11 is 0. The number of ether oxygens (including phenoxy) is 1. The van der Waals surface area contributed by atoms with Crippen LogP contribution in [0, 0.1) is 30.6 Å². The first-order chi connectivity index (χ1) is 18.7. The van der Waals surface area contributed by atoms with Gasteiger partial charge in [-0.2, -0.15) is 36.1 Å². The van der Waals surface area contributed by atoms with Crippen LogP contribution in [0.3, 0.4) is 0 Å². The molecule has 5 atom stereocenters. The molecule has 6 rings (SSSR count). The minimum atomic E-state index is 0. The van der Waals surface area contributed by atoms with Gasteiger partial charge in [0.15, 0.2) is 0 Å². The molecule has 0 aliphatic heterocycles. The van der Waals surface area contributed by atoms with Gasteiger partial charge < -0.3 is 4.74 Å². The van der Waals surface area contributed by atoms with E-state index in [1.54, 1.807) is 0 Å². The van der Waals surface area contributed by atoms with Crippen LogP contribution in [-0.4, -0.2) is 23.1 Å². The molecule has 201 valence electrons. The van der Waals surface area contributed by atoms with Crippen molar-refractivity contribution in [1.82, 2.24) is 0 Å². The first kappa shape index (κ1) is 31.7. The average molecular weight is 611 g/mol. The van der Waals surface area contributed by atoms with E-state index in [1.165, 1.54) is 54.4 Å². The molecular weight excluding hydrogens is 568 g/mol. The fourth-order valence-corrected chi connectivity index (χ4v) is 6.14. The van der Waals surface area contributed by atoms with Crippen molar-refractivity contribution in [2.45, 2.75) is 57.8 Å². The molecule has 0 bridgehead atoms. The summed E-state index contributed by atoms with van der Waals surface area (Å²) in [6, 6.07) is 17.6. The molecule has 4 aliphatic rings. The van der Waals surface area contributed by atoms with Crippen LogP contribution in [0.1, 0.15) is 80.0 Å². The number of allylic oxidation sites excluding steroid dienone is 8. The maximum atomic E-state index is 4.99. The second-order valence-corrected chi connectivity index (χ2v) is 10.9. The molecule has 4 aliphatic carbocycles. The Bertz CT molecular complexity index is 1110. The molecular formula is C36H43OSiZr. The third kappa shape index (κ3) is 8.84. The molecule has 5 unspecified atom stereocenters. The minimum absolute atomic E-state index is 0. The van der Waals surface area contributed by atoms with E-state index in [-0.39, 0.29) is 26.2 Å². The van der Waals surface area contributed by atoms with Crippen molar-refractivity contribution in [2.75, 3.05) is 12.8 Å². The van der Waals surface area contributed by atoms with Crippen molar-refractivity contribution in [3.05, 3.63) is 132 Å². The van der Waals surface area contributed by atoms with Crippen molar-refractivity contribution in [3.8, 4) is 0 Å². The number of unbranched alkanes of at least 4 members (excludes halogenated alkanes) is 1. The molecule has 2 aromatic carbocycles. The Labute approximate surface area is 260 Å². The van der Waals surface area contributed by atoms with E-state index in [2.05, 4.69) is 134 Å². The maximum Gasteiger partial charge on any atom is 2.00 e. The Morgan fingerprint density at radius 3 is 2.23 bits per heavy atom. The van der Waals surface area contributed by atoms with Crippen LogP contribution in [0.5, 0.6) is 0 Å². The van der Waals surface area contributed by atoms with Crippen LogP contribution in [0.15, 0.2) is 97.1 Å². The van der Waals surface area contributed by atoms with Gasteiger partial charge >= 0.3 is 26.2 Å².